The van der Waals surface area contributed by atoms with E-state index < -0.39 is 4.92 Å². The van der Waals surface area contributed by atoms with Gasteiger partial charge in [0.2, 0.25) is 0 Å². The number of hydrogen-bond acceptors (Lipinski definition) is 5. The summed E-state index contributed by atoms with van der Waals surface area (Å²) in [6.45, 7) is 0.297. The number of aromatic nitrogens is 1. The molecule has 0 saturated heterocycles. The van der Waals surface area contributed by atoms with E-state index in [0.717, 1.165) is 5.69 Å². The maximum Gasteiger partial charge on any atom is 0.292 e. The first-order valence-electron chi connectivity index (χ1n) is 6.26. The number of pyridine rings is 1. The molecule has 0 saturated carbocycles. The fraction of sp³-hybridized carbons (Fsp3) is 0.143. The lowest BCUT2D eigenvalue weighted by molar-refractivity contribution is -0.383. The van der Waals surface area contributed by atoms with E-state index in [0.29, 0.717) is 17.8 Å². The predicted molar refractivity (Wildman–Crippen MR) is 78.1 cm³/mol. The Labute approximate surface area is 121 Å². The standard InChI is InChI=1S/C14H14N4O3/c1-15-12-8-10(5-6-13(12)18(20)21)14(19)17-9-11-4-2-3-7-16-11/h2-8,15H,9H2,1H3,(H,17,19). The summed E-state index contributed by atoms with van der Waals surface area (Å²) in [6.07, 6.45) is 1.65. The summed E-state index contributed by atoms with van der Waals surface area (Å²) in [5.74, 6) is -0.313. The summed E-state index contributed by atoms with van der Waals surface area (Å²) < 4.78 is 0. The third-order valence-electron chi connectivity index (χ3n) is 2.88. The van der Waals surface area contributed by atoms with Gasteiger partial charge in [0.15, 0.2) is 0 Å². The van der Waals surface area contributed by atoms with Crippen LogP contribution in [0.1, 0.15) is 16.1 Å². The van der Waals surface area contributed by atoms with Crippen molar-refractivity contribution < 1.29 is 9.72 Å². The number of rotatable bonds is 5. The van der Waals surface area contributed by atoms with E-state index in [4.69, 9.17) is 0 Å². The largest absolute Gasteiger partial charge is 0.383 e. The summed E-state index contributed by atoms with van der Waals surface area (Å²) in [6, 6.07) is 9.61. The lowest BCUT2D eigenvalue weighted by atomic mass is 10.1. The highest BCUT2D eigenvalue weighted by Crippen LogP contribution is 2.24. The van der Waals surface area contributed by atoms with Gasteiger partial charge in [0.25, 0.3) is 11.6 Å². The smallest absolute Gasteiger partial charge is 0.292 e. The molecule has 0 atom stereocenters. The number of nitrogens with zero attached hydrogens (tertiary/aromatic N) is 2. The molecule has 0 aliphatic carbocycles. The maximum absolute atomic E-state index is 12.0. The van der Waals surface area contributed by atoms with Gasteiger partial charge >= 0.3 is 0 Å². The second kappa shape index (κ2) is 6.47. The molecule has 0 aliphatic heterocycles. The van der Waals surface area contributed by atoms with Crippen molar-refractivity contribution in [1.29, 1.82) is 0 Å². The molecule has 2 N–H and O–H groups in total. The normalized spacial score (nSPS) is 9.95. The molecule has 2 aromatic rings. The van der Waals surface area contributed by atoms with Gasteiger partial charge in [-0.3, -0.25) is 19.9 Å². The Morgan fingerprint density at radius 3 is 2.76 bits per heavy atom. The highest BCUT2D eigenvalue weighted by Gasteiger charge is 2.15. The van der Waals surface area contributed by atoms with Crippen molar-refractivity contribution in [3.05, 3.63) is 64.0 Å². The second-order valence-electron chi connectivity index (χ2n) is 4.24. The molecular formula is C14H14N4O3. The van der Waals surface area contributed by atoms with Crippen molar-refractivity contribution in [2.75, 3.05) is 12.4 Å². The molecule has 0 radical (unpaired) electrons. The highest BCUT2D eigenvalue weighted by molar-refractivity contribution is 5.95. The topological polar surface area (TPSA) is 97.2 Å². The Morgan fingerprint density at radius 2 is 2.14 bits per heavy atom. The van der Waals surface area contributed by atoms with Crippen LogP contribution >= 0.6 is 0 Å². The van der Waals surface area contributed by atoms with Gasteiger partial charge in [-0.1, -0.05) is 6.07 Å². The van der Waals surface area contributed by atoms with E-state index in [1.165, 1.54) is 18.2 Å². The zero-order chi connectivity index (χ0) is 15.2. The number of amides is 1. The molecule has 108 valence electrons. The Kier molecular flexibility index (Phi) is 4.45. The lowest BCUT2D eigenvalue weighted by Crippen LogP contribution is -2.23. The zero-order valence-corrected chi connectivity index (χ0v) is 11.4. The Morgan fingerprint density at radius 1 is 1.33 bits per heavy atom. The van der Waals surface area contributed by atoms with E-state index >= 15 is 0 Å². The van der Waals surface area contributed by atoms with Crippen molar-refractivity contribution in [2.45, 2.75) is 6.54 Å². The van der Waals surface area contributed by atoms with Gasteiger partial charge in [0, 0.05) is 24.9 Å². The molecular weight excluding hydrogens is 272 g/mol. The molecule has 0 fully saturated rings. The number of benzene rings is 1. The summed E-state index contributed by atoms with van der Waals surface area (Å²) in [7, 11) is 1.57. The van der Waals surface area contributed by atoms with Gasteiger partial charge in [-0.05, 0) is 24.3 Å². The van der Waals surface area contributed by atoms with E-state index in [2.05, 4.69) is 15.6 Å². The quantitative estimate of drug-likeness (QED) is 0.647. The van der Waals surface area contributed by atoms with Gasteiger partial charge in [-0.15, -0.1) is 0 Å². The number of hydrogen-bond donors (Lipinski definition) is 2. The van der Waals surface area contributed by atoms with Crippen molar-refractivity contribution in [2.24, 2.45) is 0 Å². The Hall–Kier alpha value is -2.96. The summed E-state index contributed by atoms with van der Waals surface area (Å²) in [4.78, 5) is 26.5. The minimum Gasteiger partial charge on any atom is -0.383 e. The van der Waals surface area contributed by atoms with Crippen LogP contribution in [-0.2, 0) is 6.54 Å². The third-order valence-corrected chi connectivity index (χ3v) is 2.88. The van der Waals surface area contributed by atoms with Crippen molar-refractivity contribution >= 4 is 17.3 Å². The van der Waals surface area contributed by atoms with Gasteiger partial charge in [-0.25, -0.2) is 0 Å². The molecule has 0 unspecified atom stereocenters. The van der Waals surface area contributed by atoms with Crippen LogP contribution in [0.4, 0.5) is 11.4 Å². The first-order chi connectivity index (χ1) is 10.1. The van der Waals surface area contributed by atoms with Crippen molar-refractivity contribution in [3.63, 3.8) is 0 Å². The van der Waals surface area contributed by atoms with Crippen molar-refractivity contribution in [1.82, 2.24) is 10.3 Å². The fourth-order valence-electron chi connectivity index (χ4n) is 1.81. The number of nitrogens with one attached hydrogen (secondary N) is 2. The maximum atomic E-state index is 12.0. The summed E-state index contributed by atoms with van der Waals surface area (Å²) in [5.41, 5.74) is 1.31. The lowest BCUT2D eigenvalue weighted by Gasteiger charge is -2.07. The number of carbonyl (C=O) groups is 1. The van der Waals surface area contributed by atoms with Gasteiger partial charge in [0.1, 0.15) is 5.69 Å². The average Bonchev–Trinajstić information content (AvgIpc) is 2.52. The zero-order valence-electron chi connectivity index (χ0n) is 11.4. The minimum atomic E-state index is -0.499. The number of anilines is 1. The van der Waals surface area contributed by atoms with Gasteiger partial charge < -0.3 is 10.6 Å². The molecule has 0 aliphatic rings. The van der Waals surface area contributed by atoms with Crippen LogP contribution < -0.4 is 10.6 Å². The van der Waals surface area contributed by atoms with Crippen LogP contribution in [0.3, 0.4) is 0 Å². The predicted octanol–water partition coefficient (Wildman–Crippen LogP) is 1.96. The molecule has 1 amide bonds. The monoisotopic (exact) mass is 286 g/mol. The summed E-state index contributed by atoms with van der Waals surface area (Å²) >= 11 is 0. The van der Waals surface area contributed by atoms with Gasteiger partial charge in [0.05, 0.1) is 17.2 Å². The number of carbonyl (C=O) groups excluding carboxylic acids is 1. The Bertz CT molecular complexity index is 659. The first-order valence-corrected chi connectivity index (χ1v) is 6.26. The Balaban J connectivity index is 2.11. The number of nitro groups is 1. The van der Waals surface area contributed by atoms with Crippen LogP contribution in [-0.4, -0.2) is 22.9 Å². The molecule has 1 aromatic carbocycles. The number of nitro benzene ring substituents is 1. The van der Waals surface area contributed by atoms with Crippen LogP contribution in [0.15, 0.2) is 42.6 Å². The molecule has 21 heavy (non-hydrogen) atoms. The van der Waals surface area contributed by atoms with E-state index in [1.807, 2.05) is 6.07 Å². The van der Waals surface area contributed by atoms with Crippen LogP contribution in [0.5, 0.6) is 0 Å². The van der Waals surface area contributed by atoms with Crippen LogP contribution in [0.2, 0.25) is 0 Å². The van der Waals surface area contributed by atoms with E-state index in [9.17, 15) is 14.9 Å². The second-order valence-corrected chi connectivity index (χ2v) is 4.24. The molecule has 7 heteroatoms. The molecule has 0 spiro atoms. The minimum absolute atomic E-state index is 0.0706. The van der Waals surface area contributed by atoms with Gasteiger partial charge in [-0.2, -0.15) is 0 Å². The van der Waals surface area contributed by atoms with E-state index in [1.54, 1.807) is 25.4 Å². The van der Waals surface area contributed by atoms with Crippen molar-refractivity contribution in [3.8, 4) is 0 Å². The molecule has 1 aromatic heterocycles. The SMILES string of the molecule is CNc1cc(C(=O)NCc2ccccn2)ccc1[N+](=O)[O-]. The molecule has 7 nitrogen and oxygen atoms in total. The average molecular weight is 286 g/mol. The fourth-order valence-corrected chi connectivity index (χ4v) is 1.81. The molecule has 2 rings (SSSR count). The van der Waals surface area contributed by atoms with Crippen LogP contribution in [0, 0.1) is 10.1 Å². The highest BCUT2D eigenvalue weighted by atomic mass is 16.6. The summed E-state index contributed by atoms with van der Waals surface area (Å²) in [5, 5.41) is 16.3. The molecule has 1 heterocycles. The van der Waals surface area contributed by atoms with E-state index in [-0.39, 0.29) is 11.6 Å². The molecule has 0 bridgehead atoms. The third kappa shape index (κ3) is 3.53. The first kappa shape index (κ1) is 14.4. The van der Waals surface area contributed by atoms with Crippen LogP contribution in [0.25, 0.3) is 0 Å².